The van der Waals surface area contributed by atoms with Gasteiger partial charge < -0.3 is 0 Å². The molecule has 0 aromatic heterocycles. The van der Waals surface area contributed by atoms with Gasteiger partial charge >= 0.3 is 0 Å². The van der Waals surface area contributed by atoms with Crippen LogP contribution in [0.25, 0.3) is 0 Å². The molecule has 1 aromatic rings. The molecule has 2 nitrogen and oxygen atoms in total. The van der Waals surface area contributed by atoms with E-state index in [1.54, 1.807) is 0 Å². The lowest BCUT2D eigenvalue weighted by Crippen LogP contribution is -2.22. The zero-order chi connectivity index (χ0) is 25.5. The molecule has 1 aliphatic heterocycles. The van der Waals surface area contributed by atoms with Crippen molar-refractivity contribution < 1.29 is 0 Å². The Morgan fingerprint density at radius 2 is 1.00 bits per heavy atom. The number of benzene rings is 1. The summed E-state index contributed by atoms with van der Waals surface area (Å²) >= 11 is 0. The summed E-state index contributed by atoms with van der Waals surface area (Å²) in [5, 5.41) is 0. The quantitative estimate of drug-likeness (QED) is 0.101. The molecule has 1 aliphatic rings. The van der Waals surface area contributed by atoms with Crippen molar-refractivity contribution in [3.05, 3.63) is 42.1 Å². The van der Waals surface area contributed by atoms with Crippen LogP contribution in [0.4, 0.5) is 0 Å². The highest BCUT2D eigenvalue weighted by molar-refractivity contribution is 6.18. The molecule has 0 aliphatic carbocycles. The third-order valence-corrected chi connectivity index (χ3v) is 8.02. The SMILES string of the molecule is CCCCCCCCCCCCC([C+]1N=CC=N1)C(CCCCCCCCCC)Cc1ccccc1. The smallest absolute Gasteiger partial charge is 0.0965 e. The van der Waals surface area contributed by atoms with E-state index in [0.29, 0.717) is 11.8 Å². The van der Waals surface area contributed by atoms with Crippen molar-refractivity contribution >= 4 is 12.4 Å². The van der Waals surface area contributed by atoms with Crippen molar-refractivity contribution in [1.82, 2.24) is 0 Å². The van der Waals surface area contributed by atoms with Crippen molar-refractivity contribution in [2.24, 2.45) is 21.8 Å². The van der Waals surface area contributed by atoms with Gasteiger partial charge in [0.05, 0.1) is 5.92 Å². The van der Waals surface area contributed by atoms with Crippen LogP contribution in [-0.2, 0) is 6.42 Å². The van der Waals surface area contributed by atoms with Crippen molar-refractivity contribution in [3.8, 4) is 0 Å². The van der Waals surface area contributed by atoms with Gasteiger partial charge in [-0.25, -0.2) is 0 Å². The van der Waals surface area contributed by atoms with E-state index in [0.717, 1.165) is 12.6 Å². The van der Waals surface area contributed by atoms with E-state index >= 15 is 0 Å². The van der Waals surface area contributed by atoms with Gasteiger partial charge in [-0.15, -0.1) is 0 Å². The lowest BCUT2D eigenvalue weighted by molar-refractivity contribution is 0.284. The highest BCUT2D eigenvalue weighted by Gasteiger charge is 2.35. The van der Waals surface area contributed by atoms with E-state index in [2.05, 4.69) is 44.2 Å². The van der Waals surface area contributed by atoms with Crippen LogP contribution >= 0.6 is 0 Å². The molecule has 0 saturated heterocycles. The topological polar surface area (TPSA) is 24.7 Å². The molecule has 0 N–H and O–H groups in total. The molecule has 0 spiro atoms. The molecule has 36 heavy (non-hydrogen) atoms. The zero-order valence-electron chi connectivity index (χ0n) is 23.9. The lowest BCUT2D eigenvalue weighted by Gasteiger charge is -2.26. The first-order valence-corrected chi connectivity index (χ1v) is 15.8. The fraction of sp³-hybridized carbons (Fsp3) is 0.735. The van der Waals surface area contributed by atoms with Crippen molar-refractivity contribution in [3.63, 3.8) is 0 Å². The lowest BCUT2D eigenvalue weighted by atomic mass is 9.78. The predicted molar refractivity (Wildman–Crippen MR) is 161 cm³/mol. The van der Waals surface area contributed by atoms with E-state index in [-0.39, 0.29) is 0 Å². The molecule has 0 amide bonds. The van der Waals surface area contributed by atoms with Crippen LogP contribution in [0.15, 0.2) is 40.3 Å². The van der Waals surface area contributed by atoms with E-state index in [9.17, 15) is 0 Å². The normalized spacial score (nSPS) is 14.6. The first kappa shape index (κ1) is 30.7. The third kappa shape index (κ3) is 14.2. The number of aliphatic imine (C=N–C) groups is 2. The summed E-state index contributed by atoms with van der Waals surface area (Å²) in [6, 6.07) is 11.1. The summed E-state index contributed by atoms with van der Waals surface area (Å²) in [6.07, 6.45) is 33.7. The van der Waals surface area contributed by atoms with Crippen molar-refractivity contribution in [2.45, 2.75) is 149 Å². The van der Waals surface area contributed by atoms with Crippen LogP contribution in [0.5, 0.6) is 0 Å². The monoisotopic (exact) mass is 493 g/mol. The number of nitrogens with zero attached hydrogens (tertiary/aromatic N) is 2. The van der Waals surface area contributed by atoms with E-state index in [1.165, 1.54) is 134 Å². The van der Waals surface area contributed by atoms with Gasteiger partial charge in [-0.3, -0.25) is 0 Å². The van der Waals surface area contributed by atoms with Gasteiger partial charge in [0.25, 0.3) is 0 Å². The van der Waals surface area contributed by atoms with Crippen LogP contribution in [0.3, 0.4) is 0 Å². The standard InChI is InChI=1S/C34H57N2/c1-3-5-7-9-11-13-14-16-18-23-27-33(34-35-28-29-36-34)32(30-31-24-20-19-21-25-31)26-22-17-15-12-10-8-6-4-2/h19-21,24-25,28-29,32-33H,3-18,22-23,26-27,30H2,1-2H3/q+1. The predicted octanol–water partition coefficient (Wildman–Crippen LogP) is 10.9. The molecule has 1 heterocycles. The Morgan fingerprint density at radius 3 is 1.50 bits per heavy atom. The Labute approximate surface area is 224 Å². The minimum atomic E-state index is 0.499. The van der Waals surface area contributed by atoms with Crippen molar-refractivity contribution in [2.75, 3.05) is 0 Å². The second kappa shape index (κ2) is 21.5. The van der Waals surface area contributed by atoms with Gasteiger partial charge in [-0.2, -0.15) is 0 Å². The Kier molecular flexibility index (Phi) is 18.3. The first-order valence-electron chi connectivity index (χ1n) is 15.8. The molecule has 0 bridgehead atoms. The molecule has 0 radical (unpaired) electrons. The molecule has 2 heteroatoms. The molecule has 2 unspecified atom stereocenters. The molecule has 202 valence electrons. The Morgan fingerprint density at radius 1 is 0.556 bits per heavy atom. The third-order valence-electron chi connectivity index (χ3n) is 8.02. The Balaban J connectivity index is 1.81. The van der Waals surface area contributed by atoms with Gasteiger partial charge in [0.1, 0.15) is 0 Å². The van der Waals surface area contributed by atoms with Crippen LogP contribution in [0.1, 0.15) is 148 Å². The molecular weight excluding hydrogens is 436 g/mol. The van der Waals surface area contributed by atoms with E-state index < -0.39 is 0 Å². The summed E-state index contributed by atoms with van der Waals surface area (Å²) in [6.45, 7) is 4.60. The van der Waals surface area contributed by atoms with E-state index in [4.69, 9.17) is 9.98 Å². The second-order valence-electron chi connectivity index (χ2n) is 11.2. The number of unbranched alkanes of at least 4 members (excludes halogenated alkanes) is 16. The van der Waals surface area contributed by atoms with Gasteiger partial charge in [0.15, 0.2) is 12.4 Å². The minimum absolute atomic E-state index is 0.499. The Bertz CT molecular complexity index is 653. The van der Waals surface area contributed by atoms with Gasteiger partial charge in [0.2, 0.25) is 6.17 Å². The maximum atomic E-state index is 4.72. The first-order chi connectivity index (χ1) is 17.8. The summed E-state index contributed by atoms with van der Waals surface area (Å²) < 4.78 is 0. The van der Waals surface area contributed by atoms with Crippen LogP contribution in [0.2, 0.25) is 0 Å². The van der Waals surface area contributed by atoms with Crippen LogP contribution < -0.4 is 0 Å². The molecule has 2 rings (SSSR count). The summed E-state index contributed by atoms with van der Waals surface area (Å²) in [4.78, 5) is 9.44. The fourth-order valence-electron chi connectivity index (χ4n) is 5.77. The van der Waals surface area contributed by atoms with E-state index in [1.807, 2.05) is 12.4 Å². The highest BCUT2D eigenvalue weighted by Crippen LogP contribution is 2.37. The van der Waals surface area contributed by atoms with Gasteiger partial charge in [-0.05, 0) is 30.7 Å². The van der Waals surface area contributed by atoms with Crippen molar-refractivity contribution in [1.29, 1.82) is 0 Å². The molecule has 2 atom stereocenters. The molecule has 0 fully saturated rings. The Hall–Kier alpha value is -1.57. The summed E-state index contributed by atoms with van der Waals surface area (Å²) in [5.41, 5.74) is 1.47. The average molecular weight is 494 g/mol. The second-order valence-corrected chi connectivity index (χ2v) is 11.2. The minimum Gasteiger partial charge on any atom is -0.0965 e. The molecule has 1 aromatic carbocycles. The van der Waals surface area contributed by atoms with Crippen LogP contribution in [0, 0.1) is 18.0 Å². The zero-order valence-corrected chi connectivity index (χ0v) is 23.9. The number of hydrogen-bond donors (Lipinski definition) is 0. The fourth-order valence-corrected chi connectivity index (χ4v) is 5.77. The maximum Gasteiger partial charge on any atom is 0.244 e. The largest absolute Gasteiger partial charge is 0.244 e. The average Bonchev–Trinajstić information content (AvgIpc) is 3.44. The van der Waals surface area contributed by atoms with Gasteiger partial charge in [-0.1, -0.05) is 170 Å². The number of rotatable bonds is 24. The highest BCUT2D eigenvalue weighted by atomic mass is 15.0. The molecule has 0 saturated carbocycles. The van der Waals surface area contributed by atoms with Crippen LogP contribution in [-0.4, -0.2) is 12.4 Å². The summed E-state index contributed by atoms with van der Waals surface area (Å²) in [5.74, 6) is 1.15. The van der Waals surface area contributed by atoms with Gasteiger partial charge in [0, 0.05) is 0 Å². The number of hydrogen-bond acceptors (Lipinski definition) is 2. The maximum absolute atomic E-state index is 4.72. The molecular formula is C34H57N2+. The summed E-state index contributed by atoms with van der Waals surface area (Å²) in [7, 11) is 0.